The van der Waals surface area contributed by atoms with Gasteiger partial charge in [-0.3, -0.25) is 10.1 Å². The van der Waals surface area contributed by atoms with E-state index in [-0.39, 0.29) is 11.7 Å². The number of nitro groups is 1. The van der Waals surface area contributed by atoms with Gasteiger partial charge in [-0.25, -0.2) is 4.98 Å². The fourth-order valence-corrected chi connectivity index (χ4v) is 2.15. The largest absolute Gasteiger partial charge is 0.383 e. The first-order valence-corrected chi connectivity index (χ1v) is 7.19. The van der Waals surface area contributed by atoms with Crippen molar-refractivity contribution in [3.63, 3.8) is 0 Å². The van der Waals surface area contributed by atoms with Crippen LogP contribution in [-0.2, 0) is 4.74 Å². The molecule has 1 aromatic heterocycles. The van der Waals surface area contributed by atoms with Gasteiger partial charge in [-0.05, 0) is 26.3 Å². The lowest BCUT2D eigenvalue weighted by Crippen LogP contribution is -2.37. The third kappa shape index (κ3) is 4.56. The van der Waals surface area contributed by atoms with Crippen LogP contribution in [-0.4, -0.2) is 42.8 Å². The summed E-state index contributed by atoms with van der Waals surface area (Å²) < 4.78 is 5.15. The fourth-order valence-electron chi connectivity index (χ4n) is 2.15. The molecule has 0 aliphatic rings. The SMILES string of the molecule is CCCNc1ccc([N+](=O)[O-])c(N(CC)C(C)COC)n1. The van der Waals surface area contributed by atoms with Gasteiger partial charge in [-0.2, -0.15) is 0 Å². The number of hydrogen-bond acceptors (Lipinski definition) is 6. The first kappa shape index (κ1) is 17.2. The van der Waals surface area contributed by atoms with Crippen molar-refractivity contribution in [1.29, 1.82) is 0 Å². The summed E-state index contributed by atoms with van der Waals surface area (Å²) in [6.45, 7) is 7.85. The molecule has 0 radical (unpaired) electrons. The Bertz CT molecular complexity index is 468. The Morgan fingerprint density at radius 2 is 2.19 bits per heavy atom. The highest BCUT2D eigenvalue weighted by atomic mass is 16.6. The van der Waals surface area contributed by atoms with Crippen LogP contribution in [0.1, 0.15) is 27.2 Å². The average Bonchev–Trinajstić information content (AvgIpc) is 2.46. The highest BCUT2D eigenvalue weighted by Gasteiger charge is 2.24. The van der Waals surface area contributed by atoms with Crippen molar-refractivity contribution in [2.24, 2.45) is 0 Å². The molecule has 0 aromatic carbocycles. The van der Waals surface area contributed by atoms with Gasteiger partial charge >= 0.3 is 5.69 Å². The van der Waals surface area contributed by atoms with Crippen LogP contribution in [0.25, 0.3) is 0 Å². The monoisotopic (exact) mass is 296 g/mol. The second-order valence-corrected chi connectivity index (χ2v) is 4.81. The highest BCUT2D eigenvalue weighted by Crippen LogP contribution is 2.29. The smallest absolute Gasteiger partial charge is 0.311 e. The van der Waals surface area contributed by atoms with Gasteiger partial charge in [0.15, 0.2) is 0 Å². The van der Waals surface area contributed by atoms with E-state index in [1.165, 1.54) is 6.07 Å². The zero-order chi connectivity index (χ0) is 15.8. The highest BCUT2D eigenvalue weighted by molar-refractivity contribution is 5.62. The molecule has 1 aromatic rings. The van der Waals surface area contributed by atoms with Gasteiger partial charge in [-0.15, -0.1) is 0 Å². The van der Waals surface area contributed by atoms with E-state index in [2.05, 4.69) is 17.2 Å². The molecule has 21 heavy (non-hydrogen) atoms. The summed E-state index contributed by atoms with van der Waals surface area (Å²) in [7, 11) is 1.62. The Balaban J connectivity index is 3.16. The number of rotatable bonds is 9. The molecule has 0 amide bonds. The van der Waals surface area contributed by atoms with E-state index >= 15 is 0 Å². The topological polar surface area (TPSA) is 80.5 Å². The molecule has 1 atom stereocenters. The summed E-state index contributed by atoms with van der Waals surface area (Å²) in [5.74, 6) is 1.04. The van der Waals surface area contributed by atoms with Crippen LogP contribution in [0.5, 0.6) is 0 Å². The summed E-state index contributed by atoms with van der Waals surface area (Å²) >= 11 is 0. The number of ether oxygens (including phenoxy) is 1. The lowest BCUT2D eigenvalue weighted by atomic mass is 10.2. The predicted molar refractivity (Wildman–Crippen MR) is 84.0 cm³/mol. The van der Waals surface area contributed by atoms with E-state index in [1.54, 1.807) is 13.2 Å². The minimum atomic E-state index is -0.395. The molecule has 7 nitrogen and oxygen atoms in total. The van der Waals surface area contributed by atoms with Crippen molar-refractivity contribution in [1.82, 2.24) is 4.98 Å². The lowest BCUT2D eigenvalue weighted by molar-refractivity contribution is -0.384. The van der Waals surface area contributed by atoms with Crippen molar-refractivity contribution in [2.45, 2.75) is 33.2 Å². The third-order valence-corrected chi connectivity index (χ3v) is 3.16. The lowest BCUT2D eigenvalue weighted by Gasteiger charge is -2.28. The predicted octanol–water partition coefficient (Wildman–Crippen LogP) is 2.67. The molecule has 0 fully saturated rings. The number of anilines is 2. The van der Waals surface area contributed by atoms with Crippen molar-refractivity contribution in [2.75, 3.05) is 37.0 Å². The van der Waals surface area contributed by atoms with E-state index in [9.17, 15) is 10.1 Å². The van der Waals surface area contributed by atoms with E-state index < -0.39 is 4.92 Å². The minimum Gasteiger partial charge on any atom is -0.383 e. The number of methoxy groups -OCH3 is 1. The van der Waals surface area contributed by atoms with Crippen molar-refractivity contribution in [3.8, 4) is 0 Å². The van der Waals surface area contributed by atoms with E-state index in [1.807, 2.05) is 18.7 Å². The Hall–Kier alpha value is -1.89. The van der Waals surface area contributed by atoms with Gasteiger partial charge in [0.25, 0.3) is 0 Å². The zero-order valence-corrected chi connectivity index (χ0v) is 13.1. The number of nitrogens with one attached hydrogen (secondary N) is 1. The molecule has 118 valence electrons. The maximum Gasteiger partial charge on any atom is 0.311 e. The number of likely N-dealkylation sites (N-methyl/N-ethyl adjacent to an activating group) is 1. The van der Waals surface area contributed by atoms with Crippen LogP contribution in [0.3, 0.4) is 0 Å². The van der Waals surface area contributed by atoms with Crippen LogP contribution in [0.2, 0.25) is 0 Å². The van der Waals surface area contributed by atoms with Crippen LogP contribution in [0.4, 0.5) is 17.3 Å². The van der Waals surface area contributed by atoms with Gasteiger partial charge in [0.05, 0.1) is 17.6 Å². The van der Waals surface area contributed by atoms with Crippen LogP contribution < -0.4 is 10.2 Å². The maximum atomic E-state index is 11.2. The molecule has 1 N–H and O–H groups in total. The summed E-state index contributed by atoms with van der Waals surface area (Å²) in [5, 5.41) is 14.4. The van der Waals surface area contributed by atoms with E-state index in [4.69, 9.17) is 4.74 Å². The number of aromatic nitrogens is 1. The molecule has 1 rings (SSSR count). The van der Waals surface area contributed by atoms with Crippen molar-refractivity contribution < 1.29 is 9.66 Å². The summed E-state index contributed by atoms with van der Waals surface area (Å²) in [6.07, 6.45) is 0.964. The Morgan fingerprint density at radius 1 is 1.48 bits per heavy atom. The third-order valence-electron chi connectivity index (χ3n) is 3.16. The molecule has 1 heterocycles. The molecule has 0 aliphatic heterocycles. The minimum absolute atomic E-state index is 0.00706. The molecule has 0 spiro atoms. The van der Waals surface area contributed by atoms with Gasteiger partial charge in [0.1, 0.15) is 5.82 Å². The van der Waals surface area contributed by atoms with Gasteiger partial charge < -0.3 is 15.0 Å². The molecular weight excluding hydrogens is 272 g/mol. The van der Waals surface area contributed by atoms with Crippen LogP contribution >= 0.6 is 0 Å². The maximum absolute atomic E-state index is 11.2. The molecule has 0 saturated heterocycles. The first-order valence-electron chi connectivity index (χ1n) is 7.19. The molecule has 7 heteroatoms. The standard InChI is InChI=1S/C14H24N4O3/c1-5-9-15-13-8-7-12(18(19)20)14(16-13)17(6-2)11(3)10-21-4/h7-8,11H,5-6,9-10H2,1-4H3,(H,15,16). The number of pyridine rings is 1. The summed E-state index contributed by atoms with van der Waals surface area (Å²) in [5.41, 5.74) is 0.0156. The quantitative estimate of drug-likeness (QED) is 0.557. The number of nitrogens with zero attached hydrogens (tertiary/aromatic N) is 3. The number of hydrogen-bond donors (Lipinski definition) is 1. The molecule has 1 unspecified atom stereocenters. The molecule has 0 aliphatic carbocycles. The van der Waals surface area contributed by atoms with Gasteiger partial charge in [0, 0.05) is 26.3 Å². The molecule has 0 saturated carbocycles. The first-order chi connectivity index (χ1) is 10.0. The fraction of sp³-hybridized carbons (Fsp3) is 0.643. The second-order valence-electron chi connectivity index (χ2n) is 4.81. The van der Waals surface area contributed by atoms with Gasteiger partial charge in [0.2, 0.25) is 5.82 Å². The Morgan fingerprint density at radius 3 is 2.71 bits per heavy atom. The summed E-state index contributed by atoms with van der Waals surface area (Å²) in [4.78, 5) is 17.2. The van der Waals surface area contributed by atoms with Crippen molar-refractivity contribution in [3.05, 3.63) is 22.2 Å². The zero-order valence-electron chi connectivity index (χ0n) is 13.1. The van der Waals surface area contributed by atoms with Crippen LogP contribution in [0.15, 0.2) is 12.1 Å². The Labute approximate surface area is 125 Å². The summed E-state index contributed by atoms with van der Waals surface area (Å²) in [6, 6.07) is 3.15. The van der Waals surface area contributed by atoms with Gasteiger partial charge in [-0.1, -0.05) is 6.92 Å². The van der Waals surface area contributed by atoms with E-state index in [0.717, 1.165) is 13.0 Å². The van der Waals surface area contributed by atoms with Crippen LogP contribution in [0, 0.1) is 10.1 Å². The normalized spacial score (nSPS) is 12.0. The van der Waals surface area contributed by atoms with E-state index in [0.29, 0.717) is 24.8 Å². The Kier molecular flexibility index (Phi) is 6.87. The molecule has 0 bridgehead atoms. The van der Waals surface area contributed by atoms with Crippen molar-refractivity contribution >= 4 is 17.3 Å². The second kappa shape index (κ2) is 8.41. The molecular formula is C14H24N4O3. The average molecular weight is 296 g/mol.